The molecule has 262 valence electrons. The lowest BCUT2D eigenvalue weighted by molar-refractivity contribution is -0.137. The molecule has 5 rings (SSSR count). The zero-order chi connectivity index (χ0) is 35.8. The molecule has 0 unspecified atom stereocenters. The number of nitrogens with zero attached hydrogens (tertiary/aromatic N) is 3. The van der Waals surface area contributed by atoms with E-state index in [1.54, 1.807) is 33.7 Å². The van der Waals surface area contributed by atoms with Crippen LogP contribution >= 0.6 is 0 Å². The van der Waals surface area contributed by atoms with Crippen LogP contribution in [0, 0.1) is 11.6 Å². The summed E-state index contributed by atoms with van der Waals surface area (Å²) in [6, 6.07) is 24.9. The normalized spacial score (nSPS) is 11.8. The first-order valence-electron chi connectivity index (χ1n) is 16.8. The molecule has 0 N–H and O–H groups in total. The lowest BCUT2D eigenvalue weighted by Crippen LogP contribution is -2.37. The van der Waals surface area contributed by atoms with Crippen LogP contribution in [0.3, 0.4) is 0 Å². The fourth-order valence-electron chi connectivity index (χ4n) is 6.20. The van der Waals surface area contributed by atoms with E-state index in [1.165, 1.54) is 30.3 Å². The monoisotopic (exact) mass is 689 g/mol. The minimum atomic E-state index is -4.41. The van der Waals surface area contributed by atoms with Crippen LogP contribution < -0.4 is 5.43 Å². The SMILES string of the molecule is CCN(CC)CCCN(Cc1ccc(-c2ccc(C(F)(F)F)cc2)cc1)C(=O)Cn1c(CCc2cccc(F)c2F)cc(=O)c2ccccc21. The van der Waals surface area contributed by atoms with Gasteiger partial charge in [0.15, 0.2) is 17.1 Å². The third-order valence-electron chi connectivity index (χ3n) is 9.10. The van der Waals surface area contributed by atoms with Crippen LogP contribution in [-0.2, 0) is 36.9 Å². The first kappa shape index (κ1) is 36.5. The lowest BCUT2D eigenvalue weighted by Gasteiger charge is -2.27. The number of para-hydroxylation sites is 1. The predicted molar refractivity (Wildman–Crippen MR) is 187 cm³/mol. The van der Waals surface area contributed by atoms with Crippen molar-refractivity contribution in [1.82, 2.24) is 14.4 Å². The van der Waals surface area contributed by atoms with E-state index in [9.17, 15) is 31.5 Å². The minimum Gasteiger partial charge on any atom is -0.337 e. The van der Waals surface area contributed by atoms with Crippen molar-refractivity contribution in [3.63, 3.8) is 0 Å². The zero-order valence-corrected chi connectivity index (χ0v) is 28.1. The zero-order valence-electron chi connectivity index (χ0n) is 28.1. The van der Waals surface area contributed by atoms with Crippen molar-refractivity contribution >= 4 is 16.8 Å². The summed E-state index contributed by atoms with van der Waals surface area (Å²) in [4.78, 5) is 31.4. The summed E-state index contributed by atoms with van der Waals surface area (Å²) in [6.07, 6.45) is -3.34. The molecule has 4 aromatic carbocycles. The summed E-state index contributed by atoms with van der Waals surface area (Å²) < 4.78 is 69.4. The highest BCUT2D eigenvalue weighted by Crippen LogP contribution is 2.31. The smallest absolute Gasteiger partial charge is 0.337 e. The van der Waals surface area contributed by atoms with E-state index in [-0.39, 0.29) is 36.3 Å². The quantitative estimate of drug-likeness (QED) is 0.110. The number of aromatic nitrogens is 1. The molecule has 0 fully saturated rings. The van der Waals surface area contributed by atoms with Gasteiger partial charge in [0.25, 0.3) is 0 Å². The molecule has 50 heavy (non-hydrogen) atoms. The molecule has 1 aromatic heterocycles. The summed E-state index contributed by atoms with van der Waals surface area (Å²) in [5.74, 6) is -2.05. The van der Waals surface area contributed by atoms with Crippen molar-refractivity contribution in [1.29, 1.82) is 0 Å². The molecule has 0 saturated heterocycles. The predicted octanol–water partition coefficient (Wildman–Crippen LogP) is 8.51. The van der Waals surface area contributed by atoms with Gasteiger partial charge in [0.2, 0.25) is 5.91 Å². The van der Waals surface area contributed by atoms with E-state index in [0.29, 0.717) is 35.2 Å². The molecule has 0 saturated carbocycles. The number of halogens is 5. The van der Waals surface area contributed by atoms with Crippen molar-refractivity contribution < 1.29 is 26.7 Å². The van der Waals surface area contributed by atoms with Crippen LogP contribution in [0.1, 0.15) is 42.7 Å². The van der Waals surface area contributed by atoms with Crippen LogP contribution in [0.15, 0.2) is 102 Å². The van der Waals surface area contributed by atoms with Crippen molar-refractivity contribution in [2.75, 3.05) is 26.2 Å². The van der Waals surface area contributed by atoms with Crippen LogP contribution in [0.4, 0.5) is 22.0 Å². The topological polar surface area (TPSA) is 45.5 Å². The third-order valence-corrected chi connectivity index (χ3v) is 9.10. The van der Waals surface area contributed by atoms with Crippen molar-refractivity contribution in [2.24, 2.45) is 0 Å². The number of pyridine rings is 1. The van der Waals surface area contributed by atoms with Gasteiger partial charge in [-0.1, -0.05) is 74.5 Å². The Bertz CT molecular complexity index is 1970. The number of hydrogen-bond donors (Lipinski definition) is 0. The van der Waals surface area contributed by atoms with Gasteiger partial charge in [-0.2, -0.15) is 13.2 Å². The van der Waals surface area contributed by atoms with Crippen molar-refractivity contribution in [2.45, 2.75) is 52.4 Å². The summed E-state index contributed by atoms with van der Waals surface area (Å²) in [5, 5.41) is 0.452. The molecule has 1 heterocycles. The Labute approximate surface area is 288 Å². The molecule has 0 aliphatic carbocycles. The Balaban J connectivity index is 1.41. The highest BCUT2D eigenvalue weighted by atomic mass is 19.4. The standard InChI is InChI=1S/C40H40F5N3O2/c1-3-46(4-2)23-8-24-47(26-28-13-15-29(16-14-28)30-17-20-32(21-18-30)40(43,44)45)38(50)27-48-33(22-19-31-9-7-11-35(41)39(31)42)25-37(49)34-10-5-6-12-36(34)48/h5-7,9-18,20-21,25H,3-4,8,19,22-24,26-27H2,1-2H3. The third kappa shape index (κ3) is 8.84. The van der Waals surface area contributed by atoms with Gasteiger partial charge in [-0.25, -0.2) is 8.78 Å². The number of rotatable bonds is 14. The lowest BCUT2D eigenvalue weighted by atomic mass is 10.0. The van der Waals surface area contributed by atoms with Gasteiger partial charge < -0.3 is 14.4 Å². The van der Waals surface area contributed by atoms with E-state index in [2.05, 4.69) is 18.7 Å². The maximum Gasteiger partial charge on any atom is 0.416 e. The van der Waals surface area contributed by atoms with Crippen molar-refractivity contribution in [3.8, 4) is 11.1 Å². The molecule has 5 nitrogen and oxygen atoms in total. The second kappa shape index (κ2) is 16.3. The fourth-order valence-corrected chi connectivity index (χ4v) is 6.20. The summed E-state index contributed by atoms with van der Waals surface area (Å²) >= 11 is 0. The van der Waals surface area contributed by atoms with Gasteiger partial charge >= 0.3 is 6.18 Å². The number of aryl methyl sites for hydroxylation is 2. The maximum absolute atomic E-state index is 14.5. The van der Waals surface area contributed by atoms with Crippen LogP contribution in [-0.4, -0.2) is 46.5 Å². The number of alkyl halides is 3. The molecule has 0 aliphatic rings. The number of carbonyl (C=O) groups excluding carboxylic acids is 1. The maximum atomic E-state index is 14.5. The molecule has 0 atom stereocenters. The molecule has 0 bridgehead atoms. The van der Waals surface area contributed by atoms with Gasteiger partial charge in [0, 0.05) is 30.2 Å². The average Bonchev–Trinajstić information content (AvgIpc) is 3.11. The van der Waals surface area contributed by atoms with E-state index in [1.807, 2.05) is 24.3 Å². The van der Waals surface area contributed by atoms with Crippen molar-refractivity contribution in [3.05, 3.63) is 141 Å². The number of hydrogen-bond acceptors (Lipinski definition) is 3. The molecular weight excluding hydrogens is 649 g/mol. The molecule has 0 radical (unpaired) electrons. The summed E-state index contributed by atoms with van der Waals surface area (Å²) in [6.45, 7) is 7.44. The number of benzene rings is 4. The minimum absolute atomic E-state index is 0.0728. The molecule has 5 aromatic rings. The molecule has 0 spiro atoms. The largest absolute Gasteiger partial charge is 0.416 e. The Hall–Kier alpha value is -4.83. The van der Waals surface area contributed by atoms with Crippen LogP contribution in [0.25, 0.3) is 22.0 Å². The molecule has 0 aliphatic heterocycles. The first-order valence-corrected chi connectivity index (χ1v) is 16.8. The molecule has 1 amide bonds. The second-order valence-electron chi connectivity index (χ2n) is 12.3. The number of carbonyl (C=O) groups is 1. The highest BCUT2D eigenvalue weighted by molar-refractivity contribution is 5.83. The Morgan fingerprint density at radius 3 is 2.10 bits per heavy atom. The van der Waals surface area contributed by atoms with Crippen LogP contribution in [0.5, 0.6) is 0 Å². The van der Waals surface area contributed by atoms with E-state index in [0.717, 1.165) is 55.4 Å². The van der Waals surface area contributed by atoms with E-state index >= 15 is 0 Å². The summed E-state index contributed by atoms with van der Waals surface area (Å²) in [5.41, 5.74) is 2.61. The van der Waals surface area contributed by atoms with Gasteiger partial charge in [-0.05, 0) is 91.5 Å². The highest BCUT2D eigenvalue weighted by Gasteiger charge is 2.30. The Morgan fingerprint density at radius 1 is 0.780 bits per heavy atom. The Morgan fingerprint density at radius 2 is 1.44 bits per heavy atom. The van der Waals surface area contributed by atoms with Gasteiger partial charge in [0.1, 0.15) is 6.54 Å². The van der Waals surface area contributed by atoms with Gasteiger partial charge in [0.05, 0.1) is 11.1 Å². The van der Waals surface area contributed by atoms with Crippen LogP contribution in [0.2, 0.25) is 0 Å². The van der Waals surface area contributed by atoms with Gasteiger partial charge in [-0.3, -0.25) is 9.59 Å². The van der Waals surface area contributed by atoms with E-state index in [4.69, 9.17) is 0 Å². The Kier molecular flexibility index (Phi) is 11.8. The second-order valence-corrected chi connectivity index (χ2v) is 12.3. The molecule has 10 heteroatoms. The fraction of sp³-hybridized carbons (Fsp3) is 0.300. The first-order chi connectivity index (χ1) is 24.0. The number of fused-ring (bicyclic) bond motifs is 1. The van der Waals surface area contributed by atoms with E-state index < -0.39 is 23.4 Å². The van der Waals surface area contributed by atoms with Gasteiger partial charge in [-0.15, -0.1) is 0 Å². The average molecular weight is 690 g/mol. The molecular formula is C40H40F5N3O2. The summed E-state index contributed by atoms with van der Waals surface area (Å²) in [7, 11) is 0. The number of amides is 1.